The Bertz CT molecular complexity index is 738. The van der Waals surface area contributed by atoms with E-state index in [1.54, 1.807) is 18.2 Å². The zero-order chi connectivity index (χ0) is 17.1. The highest BCUT2D eigenvalue weighted by Gasteiger charge is 2.34. The molecule has 1 aliphatic heterocycles. The van der Waals surface area contributed by atoms with Crippen LogP contribution in [-0.2, 0) is 4.79 Å². The molecule has 0 bridgehead atoms. The van der Waals surface area contributed by atoms with E-state index < -0.39 is 0 Å². The maximum Gasteiger partial charge on any atom is 0.244 e. The number of pyridine rings is 1. The standard InChI is InChI=1S/C18H20FN3O2/c1-12(13-9-14(19)11-20-10-13)21-15-7-8-22(18(15)23)16-5-3-4-6-17(16)24-2/h3-6,9-12,15,21H,7-8H2,1-2H3. The van der Waals surface area contributed by atoms with Gasteiger partial charge in [-0.2, -0.15) is 0 Å². The monoisotopic (exact) mass is 329 g/mol. The zero-order valence-electron chi connectivity index (χ0n) is 13.7. The van der Waals surface area contributed by atoms with Crippen LogP contribution in [0.2, 0.25) is 0 Å². The van der Waals surface area contributed by atoms with Gasteiger partial charge in [-0.1, -0.05) is 12.1 Å². The van der Waals surface area contributed by atoms with Gasteiger partial charge in [-0.25, -0.2) is 4.39 Å². The minimum atomic E-state index is -0.380. The molecule has 0 spiro atoms. The minimum Gasteiger partial charge on any atom is -0.495 e. The Morgan fingerprint density at radius 2 is 2.17 bits per heavy atom. The molecule has 3 rings (SSSR count). The first kappa shape index (κ1) is 16.4. The minimum absolute atomic E-state index is 0.00397. The highest BCUT2D eigenvalue weighted by Crippen LogP contribution is 2.31. The predicted molar refractivity (Wildman–Crippen MR) is 89.5 cm³/mol. The number of anilines is 1. The molecule has 2 atom stereocenters. The van der Waals surface area contributed by atoms with Gasteiger partial charge >= 0.3 is 0 Å². The topological polar surface area (TPSA) is 54.5 Å². The fraction of sp³-hybridized carbons (Fsp3) is 0.333. The van der Waals surface area contributed by atoms with Crippen molar-refractivity contribution in [2.75, 3.05) is 18.6 Å². The third kappa shape index (κ3) is 3.23. The lowest BCUT2D eigenvalue weighted by Gasteiger charge is -2.21. The smallest absolute Gasteiger partial charge is 0.244 e. The van der Waals surface area contributed by atoms with Crippen LogP contribution in [0.25, 0.3) is 0 Å². The van der Waals surface area contributed by atoms with E-state index in [2.05, 4.69) is 10.3 Å². The third-order valence-corrected chi connectivity index (χ3v) is 4.26. The fourth-order valence-corrected chi connectivity index (χ4v) is 2.99. The van der Waals surface area contributed by atoms with Gasteiger partial charge in [0.15, 0.2) is 0 Å². The van der Waals surface area contributed by atoms with Gasteiger partial charge in [0.25, 0.3) is 0 Å². The second-order valence-electron chi connectivity index (χ2n) is 5.83. The van der Waals surface area contributed by atoms with Crippen molar-refractivity contribution in [3.63, 3.8) is 0 Å². The number of aromatic nitrogens is 1. The first-order chi connectivity index (χ1) is 11.6. The Labute approximate surface area is 140 Å². The molecule has 0 saturated carbocycles. The van der Waals surface area contributed by atoms with Crippen LogP contribution in [0.3, 0.4) is 0 Å². The van der Waals surface area contributed by atoms with Crippen LogP contribution < -0.4 is 15.0 Å². The van der Waals surface area contributed by atoms with Gasteiger partial charge in [0, 0.05) is 18.8 Å². The van der Waals surface area contributed by atoms with Gasteiger partial charge in [-0.05, 0) is 37.1 Å². The lowest BCUT2D eigenvalue weighted by atomic mass is 10.1. The summed E-state index contributed by atoms with van der Waals surface area (Å²) < 4.78 is 18.6. The molecular weight excluding hydrogens is 309 g/mol. The molecule has 1 aromatic heterocycles. The van der Waals surface area contributed by atoms with Crippen molar-refractivity contribution in [2.45, 2.75) is 25.4 Å². The quantitative estimate of drug-likeness (QED) is 0.916. The van der Waals surface area contributed by atoms with Gasteiger partial charge in [0.2, 0.25) is 5.91 Å². The van der Waals surface area contributed by atoms with E-state index in [-0.39, 0.29) is 23.8 Å². The summed E-state index contributed by atoms with van der Waals surface area (Å²) in [7, 11) is 1.59. The molecule has 2 unspecified atom stereocenters. The van der Waals surface area contributed by atoms with Crippen molar-refractivity contribution in [3.8, 4) is 5.75 Å². The maximum absolute atomic E-state index is 13.3. The highest BCUT2D eigenvalue weighted by atomic mass is 19.1. The van der Waals surface area contributed by atoms with Gasteiger partial charge in [-0.15, -0.1) is 0 Å². The number of para-hydroxylation sites is 2. The Morgan fingerprint density at radius 3 is 2.92 bits per heavy atom. The number of nitrogens with one attached hydrogen (secondary N) is 1. The number of nitrogens with zero attached hydrogens (tertiary/aromatic N) is 2. The van der Waals surface area contributed by atoms with E-state index in [0.717, 1.165) is 11.3 Å². The molecule has 1 fully saturated rings. The lowest BCUT2D eigenvalue weighted by molar-refractivity contribution is -0.119. The number of carbonyl (C=O) groups is 1. The van der Waals surface area contributed by atoms with Crippen LogP contribution >= 0.6 is 0 Å². The van der Waals surface area contributed by atoms with Crippen molar-refractivity contribution in [1.82, 2.24) is 10.3 Å². The summed E-state index contributed by atoms with van der Waals surface area (Å²) in [5.41, 5.74) is 1.49. The molecular formula is C18H20FN3O2. The van der Waals surface area contributed by atoms with Crippen LogP contribution in [0.5, 0.6) is 5.75 Å². The van der Waals surface area contributed by atoms with E-state index in [4.69, 9.17) is 4.74 Å². The molecule has 2 aromatic rings. The summed E-state index contributed by atoms with van der Waals surface area (Å²) >= 11 is 0. The molecule has 1 aliphatic rings. The number of ether oxygens (including phenoxy) is 1. The summed E-state index contributed by atoms with van der Waals surface area (Å²) in [6.07, 6.45) is 3.46. The Hall–Kier alpha value is -2.47. The van der Waals surface area contributed by atoms with Gasteiger partial charge in [-0.3, -0.25) is 15.1 Å². The SMILES string of the molecule is COc1ccccc1N1CCC(NC(C)c2cncc(F)c2)C1=O. The Balaban J connectivity index is 1.72. The van der Waals surface area contributed by atoms with Crippen molar-refractivity contribution < 1.29 is 13.9 Å². The van der Waals surface area contributed by atoms with E-state index in [9.17, 15) is 9.18 Å². The molecule has 1 aromatic carbocycles. The number of rotatable bonds is 5. The maximum atomic E-state index is 13.3. The summed E-state index contributed by atoms with van der Waals surface area (Å²) in [6.45, 7) is 2.51. The van der Waals surface area contributed by atoms with Crippen molar-refractivity contribution in [1.29, 1.82) is 0 Å². The van der Waals surface area contributed by atoms with Crippen molar-refractivity contribution in [3.05, 3.63) is 54.1 Å². The third-order valence-electron chi connectivity index (χ3n) is 4.26. The van der Waals surface area contributed by atoms with Crippen LogP contribution in [-0.4, -0.2) is 30.6 Å². The van der Waals surface area contributed by atoms with Crippen LogP contribution in [0.15, 0.2) is 42.7 Å². The molecule has 24 heavy (non-hydrogen) atoms. The van der Waals surface area contributed by atoms with E-state index in [1.807, 2.05) is 31.2 Å². The average molecular weight is 329 g/mol. The molecule has 0 radical (unpaired) electrons. The van der Waals surface area contributed by atoms with Crippen molar-refractivity contribution in [2.24, 2.45) is 0 Å². The summed E-state index contributed by atoms with van der Waals surface area (Å²) in [6, 6.07) is 8.42. The molecule has 126 valence electrons. The van der Waals surface area contributed by atoms with Crippen LogP contribution in [0, 0.1) is 5.82 Å². The van der Waals surface area contributed by atoms with Gasteiger partial charge < -0.3 is 9.64 Å². The Kier molecular flexibility index (Phi) is 4.76. The predicted octanol–water partition coefficient (Wildman–Crippen LogP) is 2.69. The molecule has 2 heterocycles. The molecule has 1 amide bonds. The first-order valence-electron chi connectivity index (χ1n) is 7.91. The lowest BCUT2D eigenvalue weighted by Crippen LogP contribution is -2.39. The van der Waals surface area contributed by atoms with E-state index in [1.165, 1.54) is 12.3 Å². The fourth-order valence-electron chi connectivity index (χ4n) is 2.99. The summed E-state index contributed by atoms with van der Waals surface area (Å²) in [5.74, 6) is 0.291. The molecule has 5 nitrogen and oxygen atoms in total. The average Bonchev–Trinajstić information content (AvgIpc) is 2.95. The number of hydrogen-bond acceptors (Lipinski definition) is 4. The normalized spacial score (nSPS) is 18.7. The second kappa shape index (κ2) is 6.97. The zero-order valence-corrected chi connectivity index (χ0v) is 13.7. The molecule has 6 heteroatoms. The second-order valence-corrected chi connectivity index (χ2v) is 5.83. The van der Waals surface area contributed by atoms with Crippen LogP contribution in [0.4, 0.5) is 10.1 Å². The van der Waals surface area contributed by atoms with Crippen LogP contribution in [0.1, 0.15) is 24.9 Å². The van der Waals surface area contributed by atoms with E-state index >= 15 is 0 Å². The number of hydrogen-bond donors (Lipinski definition) is 1. The summed E-state index contributed by atoms with van der Waals surface area (Å²) in [5, 5.41) is 3.27. The molecule has 1 N–H and O–H groups in total. The van der Waals surface area contributed by atoms with Gasteiger partial charge in [0.05, 0.1) is 25.0 Å². The molecule has 0 aliphatic carbocycles. The number of amides is 1. The summed E-state index contributed by atoms with van der Waals surface area (Å²) in [4.78, 5) is 18.3. The number of carbonyl (C=O) groups excluding carboxylic acids is 1. The number of methoxy groups -OCH3 is 1. The van der Waals surface area contributed by atoms with Gasteiger partial charge in [0.1, 0.15) is 11.6 Å². The largest absolute Gasteiger partial charge is 0.495 e. The number of halogens is 1. The highest BCUT2D eigenvalue weighted by molar-refractivity contribution is 6.00. The first-order valence-corrected chi connectivity index (χ1v) is 7.91. The number of benzene rings is 1. The Morgan fingerprint density at radius 1 is 1.38 bits per heavy atom. The molecule has 1 saturated heterocycles. The van der Waals surface area contributed by atoms with Crippen molar-refractivity contribution >= 4 is 11.6 Å². The van der Waals surface area contributed by atoms with E-state index in [0.29, 0.717) is 18.7 Å².